The normalized spacial score (nSPS) is 19.2. The fourth-order valence-corrected chi connectivity index (χ4v) is 3.61. The highest BCUT2D eigenvalue weighted by atomic mass is 16.3. The zero-order valence-electron chi connectivity index (χ0n) is 13.1. The Morgan fingerprint density at radius 3 is 2.87 bits per heavy atom. The summed E-state index contributed by atoms with van der Waals surface area (Å²) in [6, 6.07) is 15.9. The largest absolute Gasteiger partial charge is 0.508 e. The number of phenolic OH excluding ortho intramolecular Hbond substituents is 1. The molecule has 4 heteroatoms. The molecule has 0 unspecified atom stereocenters. The molecule has 4 rings (SSSR count). The summed E-state index contributed by atoms with van der Waals surface area (Å²) in [5, 5.41) is 18.9. The van der Waals surface area contributed by atoms with Crippen LogP contribution >= 0.6 is 0 Å². The zero-order chi connectivity index (χ0) is 15.6. The van der Waals surface area contributed by atoms with Crippen LogP contribution in [0.4, 0.5) is 0 Å². The predicted molar refractivity (Wildman–Crippen MR) is 91.5 cm³/mol. The Hall–Kier alpha value is -2.33. The molecule has 23 heavy (non-hydrogen) atoms. The highest BCUT2D eigenvalue weighted by Crippen LogP contribution is 2.31. The van der Waals surface area contributed by atoms with E-state index < -0.39 is 0 Å². The van der Waals surface area contributed by atoms with Gasteiger partial charge < -0.3 is 5.11 Å². The summed E-state index contributed by atoms with van der Waals surface area (Å²) in [5.74, 6) is 0.864. The van der Waals surface area contributed by atoms with Crippen molar-refractivity contribution in [3.05, 3.63) is 59.8 Å². The highest BCUT2D eigenvalue weighted by molar-refractivity contribution is 5.81. The number of aromatic amines is 1. The molecule has 3 aromatic rings. The van der Waals surface area contributed by atoms with Crippen molar-refractivity contribution in [2.45, 2.75) is 25.3 Å². The molecule has 1 fully saturated rings. The van der Waals surface area contributed by atoms with Crippen LogP contribution < -0.4 is 0 Å². The Labute approximate surface area is 135 Å². The second-order valence-corrected chi connectivity index (χ2v) is 6.36. The molecular formula is C19H21N3O. The molecule has 4 nitrogen and oxygen atoms in total. The average Bonchev–Trinajstić information content (AvgIpc) is 3.01. The van der Waals surface area contributed by atoms with Crippen LogP contribution in [0.1, 0.15) is 30.0 Å². The molecule has 0 amide bonds. The van der Waals surface area contributed by atoms with Crippen LogP contribution in [0.15, 0.2) is 48.5 Å². The minimum absolute atomic E-state index is 0.390. The van der Waals surface area contributed by atoms with E-state index in [0.717, 1.165) is 30.7 Å². The Morgan fingerprint density at radius 2 is 1.96 bits per heavy atom. The van der Waals surface area contributed by atoms with E-state index in [1.54, 1.807) is 6.07 Å². The van der Waals surface area contributed by atoms with Crippen LogP contribution in [0.3, 0.4) is 0 Å². The lowest BCUT2D eigenvalue weighted by Gasteiger charge is -2.32. The van der Waals surface area contributed by atoms with Crippen LogP contribution in [0.25, 0.3) is 10.9 Å². The molecular weight excluding hydrogens is 286 g/mol. The molecule has 1 saturated heterocycles. The van der Waals surface area contributed by atoms with Crippen molar-refractivity contribution in [1.82, 2.24) is 15.1 Å². The number of H-pyrrole nitrogens is 1. The van der Waals surface area contributed by atoms with Crippen molar-refractivity contribution in [1.29, 1.82) is 0 Å². The van der Waals surface area contributed by atoms with Gasteiger partial charge in [0.25, 0.3) is 0 Å². The number of aromatic nitrogens is 2. The molecule has 0 radical (unpaired) electrons. The van der Waals surface area contributed by atoms with E-state index in [1.807, 2.05) is 24.3 Å². The predicted octanol–water partition coefficient (Wildman–Crippen LogP) is 3.65. The molecule has 118 valence electrons. The van der Waals surface area contributed by atoms with E-state index in [1.165, 1.54) is 23.9 Å². The van der Waals surface area contributed by atoms with E-state index >= 15 is 0 Å². The SMILES string of the molecule is Oc1ccccc1CN1CCC[C@@H](c2[nH]nc3ccccc23)C1. The number of benzene rings is 2. The minimum Gasteiger partial charge on any atom is -0.508 e. The molecule has 2 aromatic carbocycles. The van der Waals surface area contributed by atoms with Gasteiger partial charge >= 0.3 is 0 Å². The van der Waals surface area contributed by atoms with Gasteiger partial charge in [-0.15, -0.1) is 0 Å². The van der Waals surface area contributed by atoms with Gasteiger partial charge in [0.05, 0.1) is 5.52 Å². The first-order valence-corrected chi connectivity index (χ1v) is 8.23. The maximum atomic E-state index is 9.99. The first-order valence-electron chi connectivity index (χ1n) is 8.23. The van der Waals surface area contributed by atoms with Gasteiger partial charge in [-0.05, 0) is 31.5 Å². The van der Waals surface area contributed by atoms with Gasteiger partial charge in [-0.3, -0.25) is 10.00 Å². The molecule has 2 N–H and O–H groups in total. The number of aromatic hydroxyl groups is 1. The standard InChI is InChI=1S/C19H21N3O/c23-18-10-4-1-6-14(18)12-22-11-5-7-15(13-22)19-16-8-2-3-9-17(16)20-21-19/h1-4,6,8-10,15,23H,5,7,11-13H2,(H,20,21)/t15-/m1/s1. The van der Waals surface area contributed by atoms with Gasteiger partial charge in [0.2, 0.25) is 0 Å². The Morgan fingerprint density at radius 1 is 1.13 bits per heavy atom. The van der Waals surface area contributed by atoms with Crippen LogP contribution in [0, 0.1) is 0 Å². The Bertz CT molecular complexity index is 811. The van der Waals surface area contributed by atoms with Crippen molar-refractivity contribution in [2.24, 2.45) is 0 Å². The lowest BCUT2D eigenvalue weighted by atomic mass is 9.92. The average molecular weight is 307 g/mol. The maximum absolute atomic E-state index is 9.99. The summed E-state index contributed by atoms with van der Waals surface area (Å²) in [7, 11) is 0. The lowest BCUT2D eigenvalue weighted by molar-refractivity contribution is 0.197. The van der Waals surface area contributed by atoms with E-state index in [4.69, 9.17) is 0 Å². The van der Waals surface area contributed by atoms with Gasteiger partial charge in [0, 0.05) is 35.7 Å². The Balaban J connectivity index is 1.54. The number of nitrogens with one attached hydrogen (secondary N) is 1. The quantitative estimate of drug-likeness (QED) is 0.776. The van der Waals surface area contributed by atoms with Gasteiger partial charge in [0.15, 0.2) is 0 Å². The number of para-hydroxylation sites is 2. The minimum atomic E-state index is 0.390. The topological polar surface area (TPSA) is 52.1 Å². The van der Waals surface area contributed by atoms with Gasteiger partial charge in [-0.1, -0.05) is 36.4 Å². The number of hydrogen-bond donors (Lipinski definition) is 2. The smallest absolute Gasteiger partial charge is 0.120 e. The van der Waals surface area contributed by atoms with Crippen molar-refractivity contribution in [3.8, 4) is 5.75 Å². The first kappa shape index (κ1) is 14.3. The van der Waals surface area contributed by atoms with Crippen LogP contribution in [0.2, 0.25) is 0 Å². The summed E-state index contributed by atoms with van der Waals surface area (Å²) in [4.78, 5) is 2.43. The van der Waals surface area contributed by atoms with E-state index in [9.17, 15) is 5.11 Å². The number of piperidine rings is 1. The fraction of sp³-hybridized carbons (Fsp3) is 0.316. The van der Waals surface area contributed by atoms with Gasteiger partial charge in [-0.25, -0.2) is 0 Å². The Kier molecular flexibility index (Phi) is 3.75. The van der Waals surface area contributed by atoms with Crippen LogP contribution in [-0.2, 0) is 6.54 Å². The molecule has 2 heterocycles. The number of rotatable bonds is 3. The van der Waals surface area contributed by atoms with Crippen LogP contribution in [0.5, 0.6) is 5.75 Å². The summed E-state index contributed by atoms with van der Waals surface area (Å²) in [6.07, 6.45) is 2.36. The van der Waals surface area contributed by atoms with E-state index in [0.29, 0.717) is 11.7 Å². The fourth-order valence-electron chi connectivity index (χ4n) is 3.61. The molecule has 1 aromatic heterocycles. The third-order valence-electron chi connectivity index (χ3n) is 4.79. The highest BCUT2D eigenvalue weighted by Gasteiger charge is 2.24. The van der Waals surface area contributed by atoms with Crippen molar-refractivity contribution in [3.63, 3.8) is 0 Å². The van der Waals surface area contributed by atoms with Crippen molar-refractivity contribution >= 4 is 10.9 Å². The molecule has 1 aliphatic rings. The van der Waals surface area contributed by atoms with E-state index in [-0.39, 0.29) is 0 Å². The second kappa shape index (κ2) is 6.05. The number of nitrogens with zero attached hydrogens (tertiary/aromatic N) is 2. The molecule has 0 saturated carbocycles. The first-order chi connectivity index (χ1) is 11.3. The summed E-state index contributed by atoms with van der Waals surface area (Å²) in [6.45, 7) is 2.88. The maximum Gasteiger partial charge on any atom is 0.120 e. The molecule has 0 spiro atoms. The molecule has 0 aliphatic carbocycles. The zero-order valence-corrected chi connectivity index (χ0v) is 13.1. The molecule has 1 atom stereocenters. The third-order valence-corrected chi connectivity index (χ3v) is 4.79. The van der Waals surface area contributed by atoms with Gasteiger partial charge in [-0.2, -0.15) is 5.10 Å². The van der Waals surface area contributed by atoms with Gasteiger partial charge in [0.1, 0.15) is 5.75 Å². The summed E-state index contributed by atoms with van der Waals surface area (Å²) < 4.78 is 0. The number of likely N-dealkylation sites (tertiary alicyclic amines) is 1. The summed E-state index contributed by atoms with van der Waals surface area (Å²) in [5.41, 5.74) is 3.30. The second-order valence-electron chi connectivity index (χ2n) is 6.36. The van der Waals surface area contributed by atoms with Crippen molar-refractivity contribution in [2.75, 3.05) is 13.1 Å². The van der Waals surface area contributed by atoms with E-state index in [2.05, 4.69) is 33.3 Å². The number of hydrogen-bond acceptors (Lipinski definition) is 3. The van der Waals surface area contributed by atoms with Crippen molar-refractivity contribution < 1.29 is 5.11 Å². The number of phenols is 1. The molecule has 1 aliphatic heterocycles. The number of fused-ring (bicyclic) bond motifs is 1. The third kappa shape index (κ3) is 2.82. The van der Waals surface area contributed by atoms with Crippen LogP contribution in [-0.4, -0.2) is 33.3 Å². The monoisotopic (exact) mass is 307 g/mol. The lowest BCUT2D eigenvalue weighted by Crippen LogP contribution is -2.34. The molecule has 0 bridgehead atoms. The summed E-state index contributed by atoms with van der Waals surface area (Å²) >= 11 is 0.